The van der Waals surface area contributed by atoms with Gasteiger partial charge >= 0.3 is 0 Å². The van der Waals surface area contributed by atoms with Gasteiger partial charge in [-0.15, -0.1) is 0 Å². The van der Waals surface area contributed by atoms with Crippen molar-refractivity contribution in [3.05, 3.63) is 48.0 Å². The minimum atomic E-state index is -3.62. The summed E-state index contributed by atoms with van der Waals surface area (Å²) in [5.41, 5.74) is 0.424. The lowest BCUT2D eigenvalue weighted by molar-refractivity contribution is 0.0823. The maximum Gasteiger partial charge on any atom is 0.240 e. The van der Waals surface area contributed by atoms with Gasteiger partial charge in [0.15, 0.2) is 0 Å². The molecule has 0 unspecified atom stereocenters. The fourth-order valence-electron chi connectivity index (χ4n) is 2.79. The molecule has 1 fully saturated rings. The zero-order chi connectivity index (χ0) is 17.2. The fraction of sp³-hybridized carbons (Fsp3) is 0.375. The molecule has 1 aliphatic heterocycles. The van der Waals surface area contributed by atoms with E-state index in [0.717, 1.165) is 12.2 Å². The molecule has 0 amide bonds. The van der Waals surface area contributed by atoms with E-state index >= 15 is 0 Å². The van der Waals surface area contributed by atoms with Crippen molar-refractivity contribution in [1.29, 1.82) is 5.26 Å². The van der Waals surface area contributed by atoms with Crippen LogP contribution in [0.4, 0.5) is 0 Å². The number of nitriles is 1. The molecule has 24 heavy (non-hydrogen) atoms. The number of aryl methyl sites for hydroxylation is 1. The summed E-state index contributed by atoms with van der Waals surface area (Å²) in [5.74, 6) is 0.828. The molecule has 7 nitrogen and oxygen atoms in total. The van der Waals surface area contributed by atoms with E-state index in [4.69, 9.17) is 10.00 Å². The van der Waals surface area contributed by atoms with Crippen LogP contribution in [0.5, 0.6) is 0 Å². The molecular weight excluding hydrogens is 328 g/mol. The Morgan fingerprint density at radius 2 is 2.17 bits per heavy atom. The van der Waals surface area contributed by atoms with E-state index in [1.807, 2.05) is 23.9 Å². The molecule has 0 bridgehead atoms. The quantitative estimate of drug-likeness (QED) is 0.881. The summed E-state index contributed by atoms with van der Waals surface area (Å²) in [4.78, 5) is 4.45. The predicted octanol–water partition coefficient (Wildman–Crippen LogP) is 1.35. The molecule has 1 aromatic heterocycles. The van der Waals surface area contributed by atoms with Crippen molar-refractivity contribution in [3.63, 3.8) is 0 Å². The van der Waals surface area contributed by atoms with Gasteiger partial charge in [-0.05, 0) is 30.7 Å². The summed E-state index contributed by atoms with van der Waals surface area (Å²) in [7, 11) is -1.73. The molecule has 126 valence electrons. The van der Waals surface area contributed by atoms with Crippen LogP contribution in [-0.4, -0.2) is 31.1 Å². The lowest BCUT2D eigenvalue weighted by Gasteiger charge is -2.18. The van der Waals surface area contributed by atoms with Crippen molar-refractivity contribution < 1.29 is 13.2 Å². The summed E-state index contributed by atoms with van der Waals surface area (Å²) in [6.45, 7) is 0.862. The third kappa shape index (κ3) is 3.33. The Balaban J connectivity index is 1.70. The molecule has 1 saturated heterocycles. The van der Waals surface area contributed by atoms with Crippen LogP contribution >= 0.6 is 0 Å². The van der Waals surface area contributed by atoms with Gasteiger partial charge in [0.25, 0.3) is 0 Å². The van der Waals surface area contributed by atoms with Crippen LogP contribution in [0.2, 0.25) is 0 Å². The van der Waals surface area contributed by atoms with Gasteiger partial charge in [0.05, 0.1) is 16.5 Å². The third-order valence-electron chi connectivity index (χ3n) is 4.16. The van der Waals surface area contributed by atoms with Gasteiger partial charge in [-0.2, -0.15) is 5.26 Å². The minimum absolute atomic E-state index is 0.0271. The highest BCUT2D eigenvalue weighted by molar-refractivity contribution is 7.89. The van der Waals surface area contributed by atoms with Crippen LogP contribution in [0.25, 0.3) is 0 Å². The van der Waals surface area contributed by atoms with Gasteiger partial charge in [0.2, 0.25) is 10.0 Å². The van der Waals surface area contributed by atoms with Crippen LogP contribution in [0.15, 0.2) is 41.6 Å². The Labute approximate surface area is 140 Å². The number of hydrogen-bond donors (Lipinski definition) is 1. The summed E-state index contributed by atoms with van der Waals surface area (Å²) in [6, 6.07) is 7.81. The fourth-order valence-corrected chi connectivity index (χ4v) is 3.88. The Morgan fingerprint density at radius 3 is 2.79 bits per heavy atom. The van der Waals surface area contributed by atoms with Gasteiger partial charge in [-0.1, -0.05) is 0 Å². The molecule has 1 aliphatic rings. The number of rotatable bonds is 5. The number of benzene rings is 1. The highest BCUT2D eigenvalue weighted by Crippen LogP contribution is 2.33. The van der Waals surface area contributed by atoms with Crippen LogP contribution in [0.1, 0.15) is 23.9 Å². The SMILES string of the molecule is Cn1ccnc1[C@@H]1OCC[C@H]1CNS(=O)(=O)c1ccc(C#N)cc1. The first kappa shape index (κ1) is 16.6. The molecule has 1 N–H and O–H groups in total. The van der Waals surface area contributed by atoms with E-state index in [0.29, 0.717) is 12.2 Å². The average molecular weight is 346 g/mol. The molecule has 0 aliphatic carbocycles. The number of aromatic nitrogens is 2. The standard InChI is InChI=1S/C16H18N4O3S/c1-20-8-7-18-16(20)15-13(6-9-23-15)11-19-24(21,22)14-4-2-12(10-17)3-5-14/h2-5,7-8,13,15,19H,6,9,11H2,1H3/t13-,15+/m0/s1. The van der Waals surface area contributed by atoms with E-state index < -0.39 is 10.0 Å². The average Bonchev–Trinajstić information content (AvgIpc) is 3.21. The molecule has 2 atom stereocenters. The van der Waals surface area contributed by atoms with E-state index in [2.05, 4.69) is 9.71 Å². The number of hydrogen-bond acceptors (Lipinski definition) is 5. The summed E-state index contributed by atoms with van der Waals surface area (Å²) in [5, 5.41) is 8.78. The van der Waals surface area contributed by atoms with Crippen LogP contribution in [-0.2, 0) is 21.8 Å². The molecule has 2 heterocycles. The Morgan fingerprint density at radius 1 is 1.42 bits per heavy atom. The van der Waals surface area contributed by atoms with Crippen molar-refractivity contribution in [3.8, 4) is 6.07 Å². The zero-order valence-electron chi connectivity index (χ0n) is 13.2. The maximum absolute atomic E-state index is 12.4. The van der Waals surface area contributed by atoms with Gasteiger partial charge < -0.3 is 9.30 Å². The first-order chi connectivity index (χ1) is 11.5. The second kappa shape index (κ2) is 6.73. The van der Waals surface area contributed by atoms with Crippen molar-refractivity contribution in [2.75, 3.05) is 13.2 Å². The highest BCUT2D eigenvalue weighted by atomic mass is 32.2. The third-order valence-corrected chi connectivity index (χ3v) is 5.60. The van der Waals surface area contributed by atoms with Crippen LogP contribution in [0.3, 0.4) is 0 Å². The summed E-state index contributed by atoms with van der Waals surface area (Å²) >= 11 is 0. The lowest BCUT2D eigenvalue weighted by atomic mass is 10.0. The topological polar surface area (TPSA) is 97.0 Å². The Kier molecular flexibility index (Phi) is 4.66. The second-order valence-corrected chi connectivity index (χ2v) is 7.49. The molecule has 0 saturated carbocycles. The van der Waals surface area contributed by atoms with Crippen LogP contribution < -0.4 is 4.72 Å². The molecule has 1 aromatic carbocycles. The van der Waals surface area contributed by atoms with Crippen molar-refractivity contribution in [1.82, 2.24) is 14.3 Å². The molecule has 8 heteroatoms. The van der Waals surface area contributed by atoms with Crippen LogP contribution in [0, 0.1) is 17.2 Å². The molecule has 0 spiro atoms. The zero-order valence-corrected chi connectivity index (χ0v) is 14.0. The predicted molar refractivity (Wildman–Crippen MR) is 86.4 cm³/mol. The molecular formula is C16H18N4O3S. The minimum Gasteiger partial charge on any atom is -0.370 e. The first-order valence-corrected chi connectivity index (χ1v) is 9.08. The Hall–Kier alpha value is -2.21. The van der Waals surface area contributed by atoms with Gasteiger partial charge in [-0.25, -0.2) is 18.1 Å². The number of nitrogens with zero attached hydrogens (tertiary/aromatic N) is 3. The van der Waals surface area contributed by atoms with Crippen molar-refractivity contribution in [2.24, 2.45) is 13.0 Å². The van der Waals surface area contributed by atoms with Gasteiger partial charge in [0, 0.05) is 38.5 Å². The van der Waals surface area contributed by atoms with E-state index in [9.17, 15) is 8.42 Å². The monoisotopic (exact) mass is 346 g/mol. The number of nitrogens with one attached hydrogen (secondary N) is 1. The maximum atomic E-state index is 12.4. The van der Waals surface area contributed by atoms with Crippen molar-refractivity contribution >= 4 is 10.0 Å². The normalized spacial score (nSPS) is 20.8. The largest absolute Gasteiger partial charge is 0.370 e. The summed E-state index contributed by atoms with van der Waals surface area (Å²) in [6.07, 6.45) is 4.10. The molecule has 2 aromatic rings. The summed E-state index contributed by atoms with van der Waals surface area (Å²) < 4.78 is 35.0. The van der Waals surface area contributed by atoms with E-state index in [1.165, 1.54) is 24.3 Å². The smallest absolute Gasteiger partial charge is 0.240 e. The lowest BCUT2D eigenvalue weighted by Crippen LogP contribution is -2.31. The Bertz CT molecular complexity index is 852. The van der Waals surface area contributed by atoms with E-state index in [-0.39, 0.29) is 23.5 Å². The first-order valence-electron chi connectivity index (χ1n) is 7.60. The number of imidazole rings is 1. The van der Waals surface area contributed by atoms with Gasteiger partial charge in [-0.3, -0.25) is 0 Å². The molecule has 3 rings (SSSR count). The van der Waals surface area contributed by atoms with Gasteiger partial charge in [0.1, 0.15) is 11.9 Å². The van der Waals surface area contributed by atoms with Crippen molar-refractivity contribution in [2.45, 2.75) is 17.4 Å². The number of ether oxygens (including phenoxy) is 1. The highest BCUT2D eigenvalue weighted by Gasteiger charge is 2.33. The molecule has 0 radical (unpaired) electrons. The second-order valence-electron chi connectivity index (χ2n) is 5.72. The number of sulfonamides is 1. The van der Waals surface area contributed by atoms with E-state index in [1.54, 1.807) is 6.20 Å².